The Hall–Kier alpha value is -1.99. The molecule has 102 valence electrons. The minimum Gasteiger partial charge on any atom is -0.491 e. The summed E-state index contributed by atoms with van der Waals surface area (Å²) in [6.07, 6.45) is 5.31. The van der Waals surface area contributed by atoms with E-state index in [2.05, 4.69) is 5.92 Å². The Kier molecular flexibility index (Phi) is 5.40. The molecular weight excluding hydrogens is 242 g/mol. The van der Waals surface area contributed by atoms with Crippen LogP contribution in [0.25, 0.3) is 0 Å². The van der Waals surface area contributed by atoms with Crippen LogP contribution < -0.4 is 4.74 Å². The van der Waals surface area contributed by atoms with E-state index >= 15 is 0 Å². The molecule has 0 radical (unpaired) electrons. The molecule has 1 aromatic carbocycles. The Balaban J connectivity index is 2.92. The Morgan fingerprint density at radius 2 is 2.00 bits per heavy atom. The molecule has 1 atom stereocenters. The number of nitrogens with zero attached hydrogens (tertiary/aromatic N) is 1. The minimum atomic E-state index is -0.921. The van der Waals surface area contributed by atoms with Crippen molar-refractivity contribution in [3.05, 3.63) is 29.8 Å². The fourth-order valence-electron chi connectivity index (χ4n) is 1.82. The van der Waals surface area contributed by atoms with Gasteiger partial charge in [-0.1, -0.05) is 18.1 Å². The smallest absolute Gasteiger partial charge is 0.325 e. The zero-order chi connectivity index (χ0) is 14.4. The second-order valence-corrected chi connectivity index (χ2v) is 4.60. The number of aliphatic carboxylic acids is 1. The number of rotatable bonds is 6. The van der Waals surface area contributed by atoms with Crippen LogP contribution in [0, 0.1) is 12.3 Å². The van der Waals surface area contributed by atoms with Gasteiger partial charge in [0.25, 0.3) is 0 Å². The molecule has 1 N–H and O–H groups in total. The van der Waals surface area contributed by atoms with Crippen LogP contribution in [0.15, 0.2) is 24.3 Å². The van der Waals surface area contributed by atoms with Crippen LogP contribution in [-0.4, -0.2) is 35.7 Å². The first-order chi connectivity index (χ1) is 8.95. The van der Waals surface area contributed by atoms with E-state index in [0.717, 1.165) is 5.75 Å². The van der Waals surface area contributed by atoms with E-state index in [1.165, 1.54) is 0 Å². The topological polar surface area (TPSA) is 49.8 Å². The molecule has 4 nitrogen and oxygen atoms in total. The summed E-state index contributed by atoms with van der Waals surface area (Å²) in [5.41, 5.74) is 0.682. The molecule has 0 bridgehead atoms. The first kappa shape index (κ1) is 15.1. The first-order valence-electron chi connectivity index (χ1n) is 6.08. The summed E-state index contributed by atoms with van der Waals surface area (Å²) < 4.78 is 5.52. The van der Waals surface area contributed by atoms with E-state index in [1.807, 2.05) is 13.8 Å². The van der Waals surface area contributed by atoms with Crippen molar-refractivity contribution >= 4 is 5.97 Å². The van der Waals surface area contributed by atoms with Crippen LogP contribution in [-0.2, 0) is 4.79 Å². The lowest BCUT2D eigenvalue weighted by Gasteiger charge is -2.23. The number of likely N-dealkylation sites (N-methyl/N-ethyl adjacent to an activating group) is 1. The normalized spacial score (nSPS) is 12.2. The molecule has 1 aromatic rings. The highest BCUT2D eigenvalue weighted by molar-refractivity contribution is 5.75. The molecule has 4 heteroatoms. The molecule has 1 unspecified atom stereocenters. The van der Waals surface area contributed by atoms with Gasteiger partial charge in [0, 0.05) is 0 Å². The monoisotopic (exact) mass is 261 g/mol. The molecule has 0 heterocycles. The molecule has 0 aliphatic carbocycles. The molecule has 19 heavy (non-hydrogen) atoms. The van der Waals surface area contributed by atoms with E-state index < -0.39 is 12.0 Å². The molecule has 0 fully saturated rings. The quantitative estimate of drug-likeness (QED) is 0.797. The number of carboxylic acids is 1. The largest absolute Gasteiger partial charge is 0.491 e. The van der Waals surface area contributed by atoms with Gasteiger partial charge in [-0.2, -0.15) is 0 Å². The molecule has 1 rings (SSSR count). The standard InChI is InChI=1S/C15H19NO3/c1-5-10-16(4)14(15(17)18)12-6-8-13(9-7-12)19-11(2)3/h1,6-9,11,14H,10H2,2-4H3,(H,17,18). The lowest BCUT2D eigenvalue weighted by Crippen LogP contribution is -2.31. The zero-order valence-electron chi connectivity index (χ0n) is 11.5. The van der Waals surface area contributed by atoms with Crippen LogP contribution in [0.3, 0.4) is 0 Å². The summed E-state index contributed by atoms with van der Waals surface area (Å²) >= 11 is 0. The Morgan fingerprint density at radius 3 is 2.42 bits per heavy atom. The van der Waals surface area contributed by atoms with Gasteiger partial charge in [-0.05, 0) is 38.6 Å². The molecule has 0 spiro atoms. The Bertz CT molecular complexity index is 459. The Labute approximate surface area is 114 Å². The summed E-state index contributed by atoms with van der Waals surface area (Å²) in [5, 5.41) is 9.30. The Morgan fingerprint density at radius 1 is 1.42 bits per heavy atom. The summed E-state index contributed by atoms with van der Waals surface area (Å²) in [4.78, 5) is 12.9. The fourth-order valence-corrected chi connectivity index (χ4v) is 1.82. The van der Waals surface area contributed by atoms with Crippen molar-refractivity contribution < 1.29 is 14.6 Å². The lowest BCUT2D eigenvalue weighted by molar-refractivity contribution is -0.142. The number of hydrogen-bond donors (Lipinski definition) is 1. The van der Waals surface area contributed by atoms with E-state index in [1.54, 1.807) is 36.2 Å². The molecule has 0 aliphatic rings. The highest BCUT2D eigenvalue weighted by Crippen LogP contribution is 2.22. The summed E-state index contributed by atoms with van der Waals surface area (Å²) in [5.74, 6) is 2.25. The molecular formula is C15H19NO3. The predicted molar refractivity (Wildman–Crippen MR) is 74.0 cm³/mol. The van der Waals surface area contributed by atoms with Crippen LogP contribution in [0.1, 0.15) is 25.5 Å². The maximum Gasteiger partial charge on any atom is 0.325 e. The third-order valence-corrected chi connectivity index (χ3v) is 2.58. The molecule has 0 amide bonds. The summed E-state index contributed by atoms with van der Waals surface area (Å²) in [7, 11) is 1.69. The van der Waals surface area contributed by atoms with Crippen molar-refractivity contribution in [1.82, 2.24) is 4.90 Å². The van der Waals surface area contributed by atoms with Gasteiger partial charge in [0.1, 0.15) is 11.8 Å². The van der Waals surface area contributed by atoms with Crippen LogP contribution in [0.4, 0.5) is 0 Å². The highest BCUT2D eigenvalue weighted by Gasteiger charge is 2.24. The molecule has 0 saturated carbocycles. The van der Waals surface area contributed by atoms with Crippen LogP contribution in [0.2, 0.25) is 0 Å². The zero-order valence-corrected chi connectivity index (χ0v) is 11.5. The third kappa shape index (κ3) is 4.31. The predicted octanol–water partition coefficient (Wildman–Crippen LogP) is 2.16. The van der Waals surface area contributed by atoms with Crippen molar-refractivity contribution in [2.75, 3.05) is 13.6 Å². The fraction of sp³-hybridized carbons (Fsp3) is 0.400. The average molecular weight is 261 g/mol. The van der Waals surface area contributed by atoms with Crippen molar-refractivity contribution in [2.24, 2.45) is 0 Å². The number of terminal acetylenes is 1. The summed E-state index contributed by atoms with van der Waals surface area (Å²) in [6.45, 7) is 4.16. The highest BCUT2D eigenvalue weighted by atomic mass is 16.5. The van der Waals surface area contributed by atoms with Gasteiger partial charge < -0.3 is 9.84 Å². The van der Waals surface area contributed by atoms with Crippen molar-refractivity contribution in [3.8, 4) is 18.1 Å². The number of carbonyl (C=O) groups is 1. The van der Waals surface area contributed by atoms with E-state index in [-0.39, 0.29) is 12.6 Å². The van der Waals surface area contributed by atoms with Gasteiger partial charge in [-0.25, -0.2) is 0 Å². The van der Waals surface area contributed by atoms with Crippen molar-refractivity contribution in [3.63, 3.8) is 0 Å². The molecule has 0 aromatic heterocycles. The van der Waals surface area contributed by atoms with E-state index in [9.17, 15) is 9.90 Å². The SMILES string of the molecule is C#CCN(C)C(C(=O)O)c1ccc(OC(C)C)cc1. The summed E-state index contributed by atoms with van der Waals surface area (Å²) in [6, 6.07) is 6.31. The van der Waals surface area contributed by atoms with Crippen LogP contribution in [0.5, 0.6) is 5.75 Å². The second kappa shape index (κ2) is 6.81. The number of hydrogen-bond acceptors (Lipinski definition) is 3. The second-order valence-electron chi connectivity index (χ2n) is 4.60. The minimum absolute atomic E-state index is 0.0882. The van der Waals surface area contributed by atoms with Gasteiger partial charge in [0.05, 0.1) is 12.6 Å². The van der Waals surface area contributed by atoms with Crippen molar-refractivity contribution in [2.45, 2.75) is 26.0 Å². The van der Waals surface area contributed by atoms with E-state index in [4.69, 9.17) is 11.2 Å². The maximum absolute atomic E-state index is 11.3. The van der Waals surface area contributed by atoms with Gasteiger partial charge in [-0.3, -0.25) is 9.69 Å². The maximum atomic E-state index is 11.3. The van der Waals surface area contributed by atoms with Gasteiger partial charge >= 0.3 is 5.97 Å². The number of benzene rings is 1. The van der Waals surface area contributed by atoms with Gasteiger partial charge in [0.2, 0.25) is 0 Å². The molecule has 0 aliphatic heterocycles. The van der Waals surface area contributed by atoms with Gasteiger partial charge in [0.15, 0.2) is 0 Å². The molecule has 0 saturated heterocycles. The first-order valence-corrected chi connectivity index (χ1v) is 6.08. The number of ether oxygens (including phenoxy) is 1. The third-order valence-electron chi connectivity index (χ3n) is 2.58. The van der Waals surface area contributed by atoms with E-state index in [0.29, 0.717) is 5.56 Å². The van der Waals surface area contributed by atoms with Crippen LogP contribution >= 0.6 is 0 Å². The average Bonchev–Trinajstić information content (AvgIpc) is 2.31. The van der Waals surface area contributed by atoms with Gasteiger partial charge in [-0.15, -0.1) is 6.42 Å². The van der Waals surface area contributed by atoms with Crippen molar-refractivity contribution in [1.29, 1.82) is 0 Å². The number of carboxylic acid groups (broad SMARTS) is 1. The lowest BCUT2D eigenvalue weighted by atomic mass is 10.1.